The molecule has 5 nitrogen and oxygen atoms in total. The predicted molar refractivity (Wildman–Crippen MR) is 104 cm³/mol. The fraction of sp³-hybridized carbons (Fsp3) is 0.600. The van der Waals surface area contributed by atoms with Gasteiger partial charge in [-0.15, -0.1) is 0 Å². The van der Waals surface area contributed by atoms with E-state index >= 15 is 0 Å². The Kier molecular flexibility index (Phi) is 8.60. The minimum Gasteiger partial charge on any atom is -0.357 e. The van der Waals surface area contributed by atoms with Gasteiger partial charge in [-0.1, -0.05) is 25.0 Å². The highest BCUT2D eigenvalue weighted by atomic mass is 19.4. The first-order valence-corrected chi connectivity index (χ1v) is 9.86. The number of hydrogen-bond donors (Lipinski definition) is 3. The van der Waals surface area contributed by atoms with Crippen LogP contribution in [0.3, 0.4) is 0 Å². The fourth-order valence-corrected chi connectivity index (χ4v) is 3.17. The average molecular weight is 398 g/mol. The molecule has 0 radical (unpaired) electrons. The number of carbonyl (C=O) groups excluding carboxylic acids is 1. The largest absolute Gasteiger partial charge is 0.416 e. The zero-order chi connectivity index (χ0) is 20.4. The molecule has 1 aromatic rings. The number of nitrogens with one attached hydrogen (secondary N) is 3. The molecule has 0 atom stereocenters. The summed E-state index contributed by atoms with van der Waals surface area (Å²) >= 11 is 0. The number of rotatable bonds is 8. The summed E-state index contributed by atoms with van der Waals surface area (Å²) in [6.07, 6.45) is 1.07. The van der Waals surface area contributed by atoms with E-state index in [1.807, 2.05) is 6.92 Å². The number of nitrogens with zero attached hydrogens (tertiary/aromatic N) is 1. The monoisotopic (exact) mass is 398 g/mol. The first-order valence-electron chi connectivity index (χ1n) is 9.86. The Hall–Kier alpha value is -2.25. The Labute approximate surface area is 164 Å². The van der Waals surface area contributed by atoms with Gasteiger partial charge < -0.3 is 16.0 Å². The van der Waals surface area contributed by atoms with E-state index in [0.29, 0.717) is 44.5 Å². The topological polar surface area (TPSA) is 65.5 Å². The van der Waals surface area contributed by atoms with Crippen molar-refractivity contribution < 1.29 is 18.0 Å². The van der Waals surface area contributed by atoms with E-state index in [1.54, 1.807) is 0 Å². The quantitative estimate of drug-likeness (QED) is 0.465. The third-order valence-electron chi connectivity index (χ3n) is 4.66. The van der Waals surface area contributed by atoms with Crippen molar-refractivity contribution in [1.29, 1.82) is 0 Å². The molecule has 0 aliphatic heterocycles. The molecule has 0 saturated heterocycles. The van der Waals surface area contributed by atoms with Crippen molar-refractivity contribution in [2.45, 2.75) is 57.7 Å². The van der Waals surface area contributed by atoms with Gasteiger partial charge in [0.25, 0.3) is 0 Å². The number of halogens is 3. The lowest BCUT2D eigenvalue weighted by atomic mass is 10.1. The van der Waals surface area contributed by atoms with Crippen LogP contribution in [-0.4, -0.2) is 37.5 Å². The van der Waals surface area contributed by atoms with E-state index < -0.39 is 11.7 Å². The summed E-state index contributed by atoms with van der Waals surface area (Å²) in [6.45, 7) is 3.54. The second-order valence-electron chi connectivity index (χ2n) is 6.93. The molecule has 1 fully saturated rings. The first kappa shape index (κ1) is 22.0. The molecule has 3 N–H and O–H groups in total. The van der Waals surface area contributed by atoms with Gasteiger partial charge in [-0.25, -0.2) is 0 Å². The first-order chi connectivity index (χ1) is 13.4. The zero-order valence-electron chi connectivity index (χ0n) is 16.2. The Bertz CT molecular complexity index is 638. The van der Waals surface area contributed by atoms with Crippen molar-refractivity contribution in [3.63, 3.8) is 0 Å². The SMILES string of the molecule is CCNC(=NCCC(=O)NC1CCCC1)NCCc1ccc(C(F)(F)F)cc1. The van der Waals surface area contributed by atoms with Gasteiger partial charge in [0.2, 0.25) is 5.91 Å². The van der Waals surface area contributed by atoms with Gasteiger partial charge >= 0.3 is 6.18 Å². The van der Waals surface area contributed by atoms with Gasteiger partial charge in [0.05, 0.1) is 12.1 Å². The van der Waals surface area contributed by atoms with Crippen LogP contribution in [0.4, 0.5) is 13.2 Å². The number of benzene rings is 1. The number of alkyl halides is 3. The van der Waals surface area contributed by atoms with Gasteiger partial charge in [0.1, 0.15) is 0 Å². The molecule has 28 heavy (non-hydrogen) atoms. The van der Waals surface area contributed by atoms with Gasteiger partial charge in [-0.3, -0.25) is 9.79 Å². The van der Waals surface area contributed by atoms with E-state index in [-0.39, 0.29) is 5.91 Å². The molecule has 0 bridgehead atoms. The standard InChI is InChI=1S/C20H29F3N4O/c1-2-24-19(26-14-12-18(28)27-17-5-3-4-6-17)25-13-11-15-7-9-16(10-8-15)20(21,22)23/h7-10,17H,2-6,11-14H2,1H3,(H,27,28)(H2,24,25,26). The molecule has 0 aromatic heterocycles. The lowest BCUT2D eigenvalue weighted by Gasteiger charge is -2.13. The van der Waals surface area contributed by atoms with Crippen molar-refractivity contribution in [1.82, 2.24) is 16.0 Å². The summed E-state index contributed by atoms with van der Waals surface area (Å²) in [6, 6.07) is 5.48. The van der Waals surface area contributed by atoms with Crippen LogP contribution in [0.5, 0.6) is 0 Å². The molecule has 156 valence electrons. The van der Waals surface area contributed by atoms with Crippen molar-refractivity contribution in [3.8, 4) is 0 Å². The lowest BCUT2D eigenvalue weighted by molar-refractivity contribution is -0.137. The number of carbonyl (C=O) groups is 1. The minimum atomic E-state index is -4.31. The molecule has 1 amide bonds. The number of aliphatic imine (C=N–C) groups is 1. The summed E-state index contributed by atoms with van der Waals surface area (Å²) in [7, 11) is 0. The molecule has 0 spiro atoms. The van der Waals surface area contributed by atoms with E-state index in [9.17, 15) is 18.0 Å². The maximum Gasteiger partial charge on any atom is 0.416 e. The summed E-state index contributed by atoms with van der Waals surface area (Å²) in [5, 5.41) is 9.28. The van der Waals surface area contributed by atoms with Crippen LogP contribution < -0.4 is 16.0 Å². The van der Waals surface area contributed by atoms with Gasteiger partial charge in [0, 0.05) is 25.6 Å². The van der Waals surface area contributed by atoms with Crippen LogP contribution in [0.1, 0.15) is 50.2 Å². The van der Waals surface area contributed by atoms with E-state index in [1.165, 1.54) is 25.0 Å². The van der Waals surface area contributed by atoms with Crippen molar-refractivity contribution in [3.05, 3.63) is 35.4 Å². The maximum absolute atomic E-state index is 12.6. The molecule has 1 aliphatic carbocycles. The highest BCUT2D eigenvalue weighted by Gasteiger charge is 2.29. The van der Waals surface area contributed by atoms with Gasteiger partial charge in [-0.05, 0) is 43.9 Å². The molecule has 1 aliphatic rings. The van der Waals surface area contributed by atoms with Crippen LogP contribution in [0, 0.1) is 0 Å². The smallest absolute Gasteiger partial charge is 0.357 e. The van der Waals surface area contributed by atoms with Crippen LogP contribution in [0.25, 0.3) is 0 Å². The second-order valence-corrected chi connectivity index (χ2v) is 6.93. The average Bonchev–Trinajstić information content (AvgIpc) is 3.14. The predicted octanol–water partition coefficient (Wildman–Crippen LogP) is 3.25. The lowest BCUT2D eigenvalue weighted by Crippen LogP contribution is -2.38. The van der Waals surface area contributed by atoms with E-state index in [0.717, 1.165) is 30.5 Å². The van der Waals surface area contributed by atoms with Crippen molar-refractivity contribution >= 4 is 11.9 Å². The normalized spacial score (nSPS) is 15.5. The van der Waals surface area contributed by atoms with Gasteiger partial charge in [0.15, 0.2) is 5.96 Å². The molecule has 1 aromatic carbocycles. The van der Waals surface area contributed by atoms with Crippen molar-refractivity contribution in [2.24, 2.45) is 4.99 Å². The van der Waals surface area contributed by atoms with Crippen LogP contribution >= 0.6 is 0 Å². The molecule has 0 unspecified atom stereocenters. The molecule has 0 heterocycles. The summed E-state index contributed by atoms with van der Waals surface area (Å²) < 4.78 is 37.8. The van der Waals surface area contributed by atoms with Crippen molar-refractivity contribution in [2.75, 3.05) is 19.6 Å². The molecular formula is C20H29F3N4O. The third-order valence-corrected chi connectivity index (χ3v) is 4.66. The highest BCUT2D eigenvalue weighted by molar-refractivity contribution is 5.80. The van der Waals surface area contributed by atoms with E-state index in [2.05, 4.69) is 20.9 Å². The maximum atomic E-state index is 12.6. The number of amides is 1. The minimum absolute atomic E-state index is 0.0243. The van der Waals surface area contributed by atoms with Gasteiger partial charge in [-0.2, -0.15) is 13.2 Å². The zero-order valence-corrected chi connectivity index (χ0v) is 16.2. The second kappa shape index (κ2) is 10.9. The van der Waals surface area contributed by atoms with Crippen LogP contribution in [0.2, 0.25) is 0 Å². The number of guanidine groups is 1. The fourth-order valence-electron chi connectivity index (χ4n) is 3.17. The van der Waals surface area contributed by atoms with E-state index in [4.69, 9.17) is 0 Å². The Morgan fingerprint density at radius 2 is 1.82 bits per heavy atom. The summed E-state index contributed by atoms with van der Waals surface area (Å²) in [5.41, 5.74) is 0.169. The molecule has 1 saturated carbocycles. The summed E-state index contributed by atoms with van der Waals surface area (Å²) in [5.74, 6) is 0.624. The molecule has 8 heteroatoms. The summed E-state index contributed by atoms with van der Waals surface area (Å²) in [4.78, 5) is 16.3. The number of hydrogen-bond acceptors (Lipinski definition) is 2. The van der Waals surface area contributed by atoms with Crippen LogP contribution in [0.15, 0.2) is 29.3 Å². The Morgan fingerprint density at radius 3 is 2.43 bits per heavy atom. The third kappa shape index (κ3) is 7.78. The Morgan fingerprint density at radius 1 is 1.14 bits per heavy atom. The van der Waals surface area contributed by atoms with Crippen LogP contribution in [-0.2, 0) is 17.4 Å². The molecular weight excluding hydrogens is 369 g/mol. The molecule has 2 rings (SSSR count). The Balaban J connectivity index is 1.73. The highest BCUT2D eigenvalue weighted by Crippen LogP contribution is 2.29.